The Labute approximate surface area is 246 Å². The Morgan fingerprint density at radius 3 is 2.45 bits per heavy atom. The monoisotopic (exact) mass is 578 g/mol. The fourth-order valence-electron chi connectivity index (χ4n) is 4.12. The van der Waals surface area contributed by atoms with Gasteiger partial charge in [-0.1, -0.05) is 24.3 Å². The van der Waals surface area contributed by atoms with Crippen LogP contribution in [0.1, 0.15) is 57.9 Å². The normalized spacial score (nSPS) is 11.8. The first kappa shape index (κ1) is 32.0. The van der Waals surface area contributed by atoms with Crippen LogP contribution in [-0.2, 0) is 48.0 Å². The quantitative estimate of drug-likeness (QED) is 0.201. The van der Waals surface area contributed by atoms with Gasteiger partial charge in [-0.15, -0.1) is 0 Å². The van der Waals surface area contributed by atoms with Crippen molar-refractivity contribution in [3.05, 3.63) is 71.5 Å². The number of carbonyl (C=O) groups excluding carboxylic acids is 3. The van der Waals surface area contributed by atoms with E-state index in [4.69, 9.17) is 23.7 Å². The van der Waals surface area contributed by atoms with Gasteiger partial charge in [0.25, 0.3) is 0 Å². The number of nitrogens with zero attached hydrogens (tertiary/aromatic N) is 2. The van der Waals surface area contributed by atoms with Gasteiger partial charge in [0.2, 0.25) is 6.10 Å². The lowest BCUT2D eigenvalue weighted by Gasteiger charge is -2.20. The standard InChI is InChI=1S/C32H38N2O8/c1-7-39-31(37)28(41-21(2)35)19-23-18-22(13-15-29(36)42-32(3,4)5)12-14-26(23)40-20-24-16-17-33-30(34-24)25-10-8-9-11-27(25)38-6/h8-12,14,16-18,28H,7,13,15,19-20H2,1-6H3/t28-/m1/s1. The molecule has 0 bridgehead atoms. The van der Waals surface area contributed by atoms with Gasteiger partial charge < -0.3 is 23.7 Å². The molecule has 0 radical (unpaired) electrons. The second-order valence-corrected chi connectivity index (χ2v) is 10.4. The summed E-state index contributed by atoms with van der Waals surface area (Å²) in [5.41, 5.74) is 2.22. The molecule has 0 saturated carbocycles. The van der Waals surface area contributed by atoms with Crippen molar-refractivity contribution in [2.24, 2.45) is 0 Å². The lowest BCUT2D eigenvalue weighted by Crippen LogP contribution is -2.30. The molecule has 0 aliphatic heterocycles. The summed E-state index contributed by atoms with van der Waals surface area (Å²) in [6.45, 7) is 8.60. The summed E-state index contributed by atoms with van der Waals surface area (Å²) < 4.78 is 27.4. The highest BCUT2D eigenvalue weighted by molar-refractivity contribution is 5.79. The summed E-state index contributed by atoms with van der Waals surface area (Å²) in [5.74, 6) is 0.0218. The number of rotatable bonds is 13. The van der Waals surface area contributed by atoms with Crippen LogP contribution in [0.15, 0.2) is 54.7 Å². The Balaban J connectivity index is 1.86. The van der Waals surface area contributed by atoms with Crippen molar-refractivity contribution in [1.29, 1.82) is 0 Å². The van der Waals surface area contributed by atoms with Crippen LogP contribution in [-0.4, -0.2) is 53.3 Å². The molecule has 0 aliphatic rings. The topological polar surface area (TPSA) is 123 Å². The highest BCUT2D eigenvalue weighted by Crippen LogP contribution is 2.28. The molecule has 0 amide bonds. The molecule has 1 heterocycles. The Morgan fingerprint density at radius 1 is 1.00 bits per heavy atom. The number of hydrogen-bond donors (Lipinski definition) is 0. The van der Waals surface area contributed by atoms with Gasteiger partial charge in [-0.3, -0.25) is 9.59 Å². The Kier molecular flexibility index (Phi) is 11.4. The molecular formula is C32H38N2O8. The van der Waals surface area contributed by atoms with Crippen LogP contribution in [0.2, 0.25) is 0 Å². The molecule has 10 heteroatoms. The molecule has 1 aromatic heterocycles. The smallest absolute Gasteiger partial charge is 0.347 e. The second-order valence-electron chi connectivity index (χ2n) is 10.4. The molecule has 1 atom stereocenters. The number of aryl methyl sites for hydroxylation is 1. The molecule has 0 fully saturated rings. The summed E-state index contributed by atoms with van der Waals surface area (Å²) in [5, 5.41) is 0. The number of ether oxygens (including phenoxy) is 5. The molecular weight excluding hydrogens is 540 g/mol. The van der Waals surface area contributed by atoms with Crippen LogP contribution in [0.5, 0.6) is 11.5 Å². The molecule has 3 aromatic rings. The van der Waals surface area contributed by atoms with Crippen LogP contribution in [0.4, 0.5) is 0 Å². The van der Waals surface area contributed by atoms with Gasteiger partial charge in [0.05, 0.1) is 25.0 Å². The van der Waals surface area contributed by atoms with Crippen LogP contribution >= 0.6 is 0 Å². The van der Waals surface area contributed by atoms with Gasteiger partial charge in [0.1, 0.15) is 23.7 Å². The Morgan fingerprint density at radius 2 is 1.76 bits per heavy atom. The molecule has 0 aliphatic carbocycles. The summed E-state index contributed by atoms with van der Waals surface area (Å²) >= 11 is 0. The average molecular weight is 579 g/mol. The molecule has 0 spiro atoms. The first-order valence-electron chi connectivity index (χ1n) is 13.7. The van der Waals surface area contributed by atoms with Crippen molar-refractivity contribution in [3.8, 4) is 22.9 Å². The van der Waals surface area contributed by atoms with E-state index in [1.165, 1.54) is 6.92 Å². The number of hydrogen-bond acceptors (Lipinski definition) is 10. The molecule has 42 heavy (non-hydrogen) atoms. The van der Waals surface area contributed by atoms with Gasteiger partial charge in [-0.2, -0.15) is 0 Å². The fourth-order valence-corrected chi connectivity index (χ4v) is 4.12. The van der Waals surface area contributed by atoms with E-state index in [2.05, 4.69) is 9.97 Å². The van der Waals surface area contributed by atoms with Gasteiger partial charge in [-0.25, -0.2) is 14.8 Å². The van der Waals surface area contributed by atoms with Crippen molar-refractivity contribution >= 4 is 17.9 Å². The number of carbonyl (C=O) groups is 3. The van der Waals surface area contributed by atoms with Gasteiger partial charge >= 0.3 is 17.9 Å². The van der Waals surface area contributed by atoms with Gasteiger partial charge in [0, 0.05) is 26.0 Å². The number of esters is 3. The molecule has 0 unspecified atom stereocenters. The highest BCUT2D eigenvalue weighted by atomic mass is 16.6. The maximum Gasteiger partial charge on any atom is 0.347 e. The predicted molar refractivity (Wildman–Crippen MR) is 155 cm³/mol. The van der Waals surface area contributed by atoms with Crippen LogP contribution in [0, 0.1) is 0 Å². The highest BCUT2D eigenvalue weighted by Gasteiger charge is 2.26. The average Bonchev–Trinajstić information content (AvgIpc) is 2.94. The maximum atomic E-state index is 12.6. The lowest BCUT2D eigenvalue weighted by molar-refractivity contribution is -0.166. The fraction of sp³-hybridized carbons (Fsp3) is 0.406. The number of para-hydroxylation sites is 1. The third-order valence-corrected chi connectivity index (χ3v) is 5.86. The zero-order valence-electron chi connectivity index (χ0n) is 25.0. The molecule has 0 N–H and O–H groups in total. The summed E-state index contributed by atoms with van der Waals surface area (Å²) in [6.07, 6.45) is 1.08. The minimum absolute atomic E-state index is 0.0181. The minimum atomic E-state index is -1.16. The third-order valence-electron chi connectivity index (χ3n) is 5.86. The Hall–Kier alpha value is -4.47. The van der Waals surface area contributed by atoms with Crippen LogP contribution in [0.25, 0.3) is 11.4 Å². The van der Waals surface area contributed by atoms with Crippen molar-refractivity contribution in [3.63, 3.8) is 0 Å². The van der Waals surface area contributed by atoms with E-state index in [0.717, 1.165) is 11.1 Å². The van der Waals surface area contributed by atoms with Gasteiger partial charge in [-0.05, 0) is 69.5 Å². The molecule has 3 rings (SSSR count). The largest absolute Gasteiger partial charge is 0.496 e. The van der Waals surface area contributed by atoms with Gasteiger partial charge in [0.15, 0.2) is 5.82 Å². The first-order valence-corrected chi connectivity index (χ1v) is 13.7. The minimum Gasteiger partial charge on any atom is -0.496 e. The lowest BCUT2D eigenvalue weighted by atomic mass is 10.0. The third kappa shape index (κ3) is 9.87. The van der Waals surface area contributed by atoms with Crippen LogP contribution < -0.4 is 9.47 Å². The van der Waals surface area contributed by atoms with Crippen molar-refractivity contribution in [1.82, 2.24) is 9.97 Å². The number of benzene rings is 2. The molecule has 10 nitrogen and oxygen atoms in total. The summed E-state index contributed by atoms with van der Waals surface area (Å²) in [7, 11) is 1.59. The van der Waals surface area contributed by atoms with Crippen molar-refractivity contribution < 1.29 is 38.1 Å². The number of aromatic nitrogens is 2. The second kappa shape index (κ2) is 15.0. The van der Waals surface area contributed by atoms with E-state index in [-0.39, 0.29) is 32.0 Å². The van der Waals surface area contributed by atoms with E-state index in [1.54, 1.807) is 32.4 Å². The molecule has 224 valence electrons. The zero-order chi connectivity index (χ0) is 30.7. The SMILES string of the molecule is CCOC(=O)[C@@H](Cc1cc(CCC(=O)OC(C)(C)C)ccc1OCc1ccnc(-c2ccccc2OC)n1)OC(C)=O. The first-order chi connectivity index (χ1) is 20.0. The van der Waals surface area contributed by atoms with E-state index in [1.807, 2.05) is 57.2 Å². The van der Waals surface area contributed by atoms with E-state index in [0.29, 0.717) is 35.0 Å². The predicted octanol–water partition coefficient (Wildman–Crippen LogP) is 5.04. The van der Waals surface area contributed by atoms with Crippen molar-refractivity contribution in [2.45, 2.75) is 72.2 Å². The molecule has 0 saturated heterocycles. The van der Waals surface area contributed by atoms with E-state index in [9.17, 15) is 14.4 Å². The van der Waals surface area contributed by atoms with Crippen molar-refractivity contribution in [2.75, 3.05) is 13.7 Å². The van der Waals surface area contributed by atoms with Crippen LogP contribution in [0.3, 0.4) is 0 Å². The molecule has 2 aromatic carbocycles. The van der Waals surface area contributed by atoms with E-state index >= 15 is 0 Å². The van der Waals surface area contributed by atoms with E-state index < -0.39 is 23.6 Å². The summed E-state index contributed by atoms with van der Waals surface area (Å²) in [6, 6.07) is 14.6. The maximum absolute atomic E-state index is 12.6. The number of methoxy groups -OCH3 is 1. The Bertz CT molecular complexity index is 1380. The zero-order valence-corrected chi connectivity index (χ0v) is 25.0. The summed E-state index contributed by atoms with van der Waals surface area (Å²) in [4.78, 5) is 45.7.